The molecule has 2 nitrogen and oxygen atoms in total. The molecule has 2 fully saturated rings. The van der Waals surface area contributed by atoms with Crippen LogP contribution in [0.2, 0.25) is 0 Å². The SMILES string of the molecule is COc1ccc2c(c1)CC[C@@H]1[C@@H]2CC[C@]2(C)C[C@@H](C=O)C[C@@H]12. The first kappa shape index (κ1) is 14.3. The van der Waals surface area contributed by atoms with Gasteiger partial charge >= 0.3 is 0 Å². The van der Waals surface area contributed by atoms with E-state index in [1.807, 2.05) is 0 Å². The molecule has 0 radical (unpaired) electrons. The average Bonchev–Trinajstić information content (AvgIpc) is 2.90. The molecule has 2 saturated carbocycles. The van der Waals surface area contributed by atoms with Crippen molar-refractivity contribution < 1.29 is 9.53 Å². The molecule has 4 rings (SSSR count). The van der Waals surface area contributed by atoms with Crippen LogP contribution in [-0.4, -0.2) is 13.4 Å². The third-order valence-corrected chi connectivity index (χ3v) is 6.93. The number of benzene rings is 1. The van der Waals surface area contributed by atoms with E-state index in [4.69, 9.17) is 4.74 Å². The second-order valence-electron chi connectivity index (χ2n) is 8.01. The minimum Gasteiger partial charge on any atom is -0.497 e. The lowest BCUT2D eigenvalue weighted by molar-refractivity contribution is -0.111. The fourth-order valence-electron chi connectivity index (χ4n) is 5.90. The van der Waals surface area contributed by atoms with E-state index in [-0.39, 0.29) is 0 Å². The molecular formula is C20H26O2. The van der Waals surface area contributed by atoms with Gasteiger partial charge in [-0.15, -0.1) is 0 Å². The molecule has 0 N–H and O–H groups in total. The van der Waals surface area contributed by atoms with Crippen LogP contribution in [0.3, 0.4) is 0 Å². The van der Waals surface area contributed by atoms with Gasteiger partial charge in [0.05, 0.1) is 7.11 Å². The topological polar surface area (TPSA) is 26.3 Å². The summed E-state index contributed by atoms with van der Waals surface area (Å²) < 4.78 is 5.39. The van der Waals surface area contributed by atoms with Crippen molar-refractivity contribution >= 4 is 6.29 Å². The van der Waals surface area contributed by atoms with Crippen molar-refractivity contribution in [2.24, 2.45) is 23.2 Å². The smallest absolute Gasteiger partial charge is 0.123 e. The summed E-state index contributed by atoms with van der Waals surface area (Å²) in [7, 11) is 1.75. The van der Waals surface area contributed by atoms with Crippen molar-refractivity contribution in [1.29, 1.82) is 0 Å². The van der Waals surface area contributed by atoms with Crippen LogP contribution in [-0.2, 0) is 11.2 Å². The quantitative estimate of drug-likeness (QED) is 0.758. The summed E-state index contributed by atoms with van der Waals surface area (Å²) in [4.78, 5) is 11.3. The minimum atomic E-state index is 0.311. The molecule has 3 aliphatic carbocycles. The van der Waals surface area contributed by atoms with Crippen molar-refractivity contribution in [1.82, 2.24) is 0 Å². The lowest BCUT2D eigenvalue weighted by Gasteiger charge is -2.49. The zero-order valence-electron chi connectivity index (χ0n) is 13.7. The molecule has 0 heterocycles. The number of methoxy groups -OCH3 is 1. The molecular weight excluding hydrogens is 272 g/mol. The Morgan fingerprint density at radius 3 is 2.95 bits per heavy atom. The van der Waals surface area contributed by atoms with Crippen LogP contribution in [0.1, 0.15) is 56.1 Å². The maximum absolute atomic E-state index is 11.3. The fourth-order valence-corrected chi connectivity index (χ4v) is 5.90. The fraction of sp³-hybridized carbons (Fsp3) is 0.650. The third-order valence-electron chi connectivity index (χ3n) is 6.93. The molecule has 2 heteroatoms. The molecule has 1 aromatic carbocycles. The minimum absolute atomic E-state index is 0.311. The molecule has 3 aliphatic rings. The van der Waals surface area contributed by atoms with E-state index in [1.54, 1.807) is 12.7 Å². The van der Waals surface area contributed by atoms with Crippen LogP contribution in [0.5, 0.6) is 5.75 Å². The molecule has 5 atom stereocenters. The van der Waals surface area contributed by atoms with E-state index in [1.165, 1.54) is 37.5 Å². The Hall–Kier alpha value is -1.31. The van der Waals surface area contributed by atoms with E-state index in [2.05, 4.69) is 25.1 Å². The molecule has 0 aromatic heterocycles. The first-order valence-electron chi connectivity index (χ1n) is 8.77. The van der Waals surface area contributed by atoms with Crippen LogP contribution < -0.4 is 4.74 Å². The van der Waals surface area contributed by atoms with Gasteiger partial charge in [0.1, 0.15) is 12.0 Å². The summed E-state index contributed by atoms with van der Waals surface area (Å²) in [6, 6.07) is 6.67. The van der Waals surface area contributed by atoms with E-state index in [9.17, 15) is 4.79 Å². The Labute approximate surface area is 133 Å². The van der Waals surface area contributed by atoms with Crippen LogP contribution in [0.4, 0.5) is 0 Å². The van der Waals surface area contributed by atoms with Gasteiger partial charge in [0.25, 0.3) is 0 Å². The summed E-state index contributed by atoms with van der Waals surface area (Å²) in [6.45, 7) is 2.45. The molecule has 0 spiro atoms. The van der Waals surface area contributed by atoms with Crippen molar-refractivity contribution in [2.45, 2.75) is 51.4 Å². The molecule has 1 aromatic rings. The number of aldehydes is 1. The number of aryl methyl sites for hydroxylation is 1. The Bertz CT molecular complexity index is 593. The highest BCUT2D eigenvalue weighted by Gasteiger charge is 2.52. The highest BCUT2D eigenvalue weighted by molar-refractivity contribution is 5.54. The number of hydrogen-bond acceptors (Lipinski definition) is 2. The molecule has 118 valence electrons. The molecule has 0 amide bonds. The summed E-state index contributed by atoms with van der Waals surface area (Å²) >= 11 is 0. The first-order chi connectivity index (χ1) is 10.6. The Morgan fingerprint density at radius 1 is 1.32 bits per heavy atom. The van der Waals surface area contributed by atoms with Crippen LogP contribution >= 0.6 is 0 Å². The zero-order chi connectivity index (χ0) is 15.3. The predicted molar refractivity (Wildman–Crippen MR) is 87.2 cm³/mol. The summed E-state index contributed by atoms with van der Waals surface area (Å²) in [5, 5.41) is 0. The van der Waals surface area contributed by atoms with Gasteiger partial charge in [-0.3, -0.25) is 0 Å². The maximum Gasteiger partial charge on any atom is 0.123 e. The number of fused-ring (bicyclic) bond motifs is 5. The Balaban J connectivity index is 1.66. The van der Waals surface area contributed by atoms with E-state index >= 15 is 0 Å². The van der Waals surface area contributed by atoms with Gasteiger partial charge in [-0.25, -0.2) is 0 Å². The predicted octanol–water partition coefficient (Wildman–Crippen LogP) is 4.37. The van der Waals surface area contributed by atoms with Crippen molar-refractivity contribution in [3.63, 3.8) is 0 Å². The number of ether oxygens (including phenoxy) is 1. The van der Waals surface area contributed by atoms with Gasteiger partial charge in [0.15, 0.2) is 0 Å². The van der Waals surface area contributed by atoms with E-state index in [0.29, 0.717) is 17.3 Å². The molecule has 0 bridgehead atoms. The Morgan fingerprint density at radius 2 is 2.18 bits per heavy atom. The third kappa shape index (κ3) is 2.03. The zero-order valence-corrected chi connectivity index (χ0v) is 13.7. The van der Waals surface area contributed by atoms with Gasteiger partial charge in [-0.1, -0.05) is 13.0 Å². The summed E-state index contributed by atoms with van der Waals surface area (Å²) in [5.41, 5.74) is 3.47. The van der Waals surface area contributed by atoms with E-state index < -0.39 is 0 Å². The molecule has 0 saturated heterocycles. The van der Waals surface area contributed by atoms with Crippen molar-refractivity contribution in [3.8, 4) is 5.75 Å². The van der Waals surface area contributed by atoms with Crippen LogP contribution in [0.25, 0.3) is 0 Å². The van der Waals surface area contributed by atoms with Gasteiger partial charge < -0.3 is 9.53 Å². The lowest BCUT2D eigenvalue weighted by Crippen LogP contribution is -2.39. The van der Waals surface area contributed by atoms with Crippen molar-refractivity contribution in [2.75, 3.05) is 7.11 Å². The van der Waals surface area contributed by atoms with Gasteiger partial charge in [0.2, 0.25) is 0 Å². The maximum atomic E-state index is 11.3. The summed E-state index contributed by atoms with van der Waals surface area (Å²) in [5.74, 6) is 3.53. The molecule has 0 unspecified atom stereocenters. The normalized spacial score (nSPS) is 39.5. The number of carbonyl (C=O) groups is 1. The molecule has 22 heavy (non-hydrogen) atoms. The average molecular weight is 298 g/mol. The lowest BCUT2D eigenvalue weighted by atomic mass is 9.56. The number of carbonyl (C=O) groups excluding carboxylic acids is 1. The van der Waals surface area contributed by atoms with Crippen molar-refractivity contribution in [3.05, 3.63) is 29.3 Å². The monoisotopic (exact) mass is 298 g/mol. The summed E-state index contributed by atoms with van der Waals surface area (Å²) in [6.07, 6.45) is 8.52. The van der Waals surface area contributed by atoms with Crippen LogP contribution in [0.15, 0.2) is 18.2 Å². The second-order valence-corrected chi connectivity index (χ2v) is 8.01. The second kappa shape index (κ2) is 5.11. The van der Waals surface area contributed by atoms with E-state index in [0.717, 1.165) is 30.4 Å². The first-order valence-corrected chi connectivity index (χ1v) is 8.77. The molecule has 0 aliphatic heterocycles. The Kier molecular flexibility index (Phi) is 3.32. The van der Waals surface area contributed by atoms with Gasteiger partial charge in [0, 0.05) is 5.92 Å². The van der Waals surface area contributed by atoms with Gasteiger partial charge in [-0.2, -0.15) is 0 Å². The van der Waals surface area contributed by atoms with Crippen LogP contribution in [0, 0.1) is 23.2 Å². The van der Waals surface area contributed by atoms with Gasteiger partial charge in [-0.05, 0) is 85.0 Å². The number of hydrogen-bond donors (Lipinski definition) is 0. The standard InChI is InChI=1S/C20H26O2/c1-20-8-7-17-16-6-4-15(22-2)10-14(16)3-5-18(17)19(20)9-13(11-20)12-21/h4,6,10,12-13,17-19H,3,5,7-9,11H2,1-2H3/t13-,17+,18+,19-,20+/m0/s1. The highest BCUT2D eigenvalue weighted by atomic mass is 16.5. The number of rotatable bonds is 2. The largest absolute Gasteiger partial charge is 0.497 e. The highest BCUT2D eigenvalue weighted by Crippen LogP contribution is 2.61.